The van der Waals surface area contributed by atoms with Gasteiger partial charge in [0.1, 0.15) is 0 Å². The van der Waals surface area contributed by atoms with Crippen LogP contribution in [0.4, 0.5) is 4.79 Å². The van der Waals surface area contributed by atoms with Gasteiger partial charge in [0.15, 0.2) is 0 Å². The number of aliphatic hydroxyl groups excluding tert-OH is 1. The number of ether oxygens (including phenoxy) is 1. The molecule has 5 heteroatoms. The van der Waals surface area contributed by atoms with Crippen LogP contribution in [0.15, 0.2) is 30.3 Å². The van der Waals surface area contributed by atoms with Gasteiger partial charge in [-0.15, -0.1) is 0 Å². The van der Waals surface area contributed by atoms with Crippen molar-refractivity contribution in [2.75, 3.05) is 26.8 Å². The van der Waals surface area contributed by atoms with Gasteiger partial charge in [-0.2, -0.15) is 0 Å². The number of carbonyl (C=O) groups excluding carboxylic acids is 1. The fourth-order valence-electron chi connectivity index (χ4n) is 2.55. The van der Waals surface area contributed by atoms with Gasteiger partial charge in [-0.05, 0) is 17.9 Å². The number of carbonyl (C=O) groups is 1. The van der Waals surface area contributed by atoms with E-state index in [0.717, 1.165) is 12.0 Å². The minimum atomic E-state index is -0.442. The molecule has 0 radical (unpaired) electrons. The van der Waals surface area contributed by atoms with Crippen molar-refractivity contribution >= 4 is 6.03 Å². The van der Waals surface area contributed by atoms with Gasteiger partial charge in [0.05, 0.1) is 18.8 Å². The van der Waals surface area contributed by atoms with Crippen molar-refractivity contribution in [1.82, 2.24) is 10.2 Å². The molecule has 0 bridgehead atoms. The van der Waals surface area contributed by atoms with Crippen molar-refractivity contribution in [3.05, 3.63) is 35.9 Å². The fraction of sp³-hybridized carbons (Fsp3) is 0.562. The van der Waals surface area contributed by atoms with E-state index >= 15 is 0 Å². The predicted molar refractivity (Wildman–Crippen MR) is 81.0 cm³/mol. The Morgan fingerprint density at radius 3 is 2.81 bits per heavy atom. The molecule has 0 spiro atoms. The molecular weight excluding hydrogens is 268 g/mol. The molecule has 1 aromatic carbocycles. The molecule has 0 aliphatic carbocycles. The zero-order chi connectivity index (χ0) is 15.2. The zero-order valence-corrected chi connectivity index (χ0v) is 12.7. The number of piperidine rings is 1. The maximum Gasteiger partial charge on any atom is 0.318 e. The molecule has 0 saturated carbocycles. The van der Waals surface area contributed by atoms with Crippen molar-refractivity contribution in [2.24, 2.45) is 5.92 Å². The number of benzene rings is 1. The number of methoxy groups -OCH3 is 1. The summed E-state index contributed by atoms with van der Waals surface area (Å²) >= 11 is 0. The topological polar surface area (TPSA) is 61.8 Å². The van der Waals surface area contributed by atoms with Gasteiger partial charge >= 0.3 is 6.03 Å². The molecule has 2 N–H and O–H groups in total. The third kappa shape index (κ3) is 4.19. The molecule has 1 fully saturated rings. The summed E-state index contributed by atoms with van der Waals surface area (Å²) in [6.45, 7) is 3.50. The molecule has 3 atom stereocenters. The second kappa shape index (κ2) is 7.43. The van der Waals surface area contributed by atoms with E-state index < -0.39 is 6.10 Å². The first-order valence-corrected chi connectivity index (χ1v) is 7.39. The van der Waals surface area contributed by atoms with E-state index in [9.17, 15) is 9.90 Å². The third-order valence-corrected chi connectivity index (χ3v) is 4.04. The van der Waals surface area contributed by atoms with Crippen LogP contribution in [0.2, 0.25) is 0 Å². The summed E-state index contributed by atoms with van der Waals surface area (Å²) in [6, 6.07) is 9.44. The summed E-state index contributed by atoms with van der Waals surface area (Å²) in [7, 11) is 1.62. The molecule has 2 amide bonds. The van der Waals surface area contributed by atoms with E-state index in [1.54, 1.807) is 12.0 Å². The summed E-state index contributed by atoms with van der Waals surface area (Å²) in [6.07, 6.45) is 0.386. The van der Waals surface area contributed by atoms with Crippen LogP contribution in [0.3, 0.4) is 0 Å². The number of nitrogens with zero attached hydrogens (tertiary/aromatic N) is 1. The highest BCUT2D eigenvalue weighted by Gasteiger charge is 2.28. The molecule has 2 rings (SSSR count). The highest BCUT2D eigenvalue weighted by molar-refractivity contribution is 5.75. The van der Waals surface area contributed by atoms with Crippen LogP contribution >= 0.6 is 0 Å². The first-order chi connectivity index (χ1) is 10.1. The molecule has 21 heavy (non-hydrogen) atoms. The Kier molecular flexibility index (Phi) is 5.59. The average Bonchev–Trinajstić information content (AvgIpc) is 2.50. The van der Waals surface area contributed by atoms with Crippen molar-refractivity contribution in [3.8, 4) is 0 Å². The van der Waals surface area contributed by atoms with E-state index in [2.05, 4.69) is 5.32 Å². The molecule has 0 aromatic heterocycles. The smallest absolute Gasteiger partial charge is 0.318 e. The lowest BCUT2D eigenvalue weighted by atomic mass is 9.96. The van der Waals surface area contributed by atoms with Gasteiger partial charge in [0, 0.05) is 20.2 Å². The Balaban J connectivity index is 1.98. The van der Waals surface area contributed by atoms with Gasteiger partial charge in [-0.3, -0.25) is 0 Å². The SMILES string of the molecule is COCC(NC(=O)N1CCC(C)C(O)C1)c1ccccc1. The molecule has 1 aliphatic heterocycles. The van der Waals surface area contributed by atoms with Crippen molar-refractivity contribution < 1.29 is 14.6 Å². The van der Waals surface area contributed by atoms with Crippen LogP contribution in [0, 0.1) is 5.92 Å². The van der Waals surface area contributed by atoms with Gasteiger partial charge in [0.2, 0.25) is 0 Å². The van der Waals surface area contributed by atoms with Gasteiger partial charge in [-0.1, -0.05) is 37.3 Å². The predicted octanol–water partition coefficient (Wildman–Crippen LogP) is 1.79. The summed E-state index contributed by atoms with van der Waals surface area (Å²) in [5.74, 6) is 0.248. The Bertz CT molecular complexity index is 452. The van der Waals surface area contributed by atoms with Crippen LogP contribution in [-0.4, -0.2) is 48.9 Å². The Morgan fingerprint density at radius 1 is 1.48 bits per heavy atom. The van der Waals surface area contributed by atoms with Crippen molar-refractivity contribution in [2.45, 2.75) is 25.5 Å². The van der Waals surface area contributed by atoms with Crippen LogP contribution in [0.1, 0.15) is 24.9 Å². The maximum atomic E-state index is 12.4. The molecule has 1 aliphatic rings. The Labute approximate surface area is 125 Å². The molecule has 116 valence electrons. The van der Waals surface area contributed by atoms with Crippen LogP contribution < -0.4 is 5.32 Å². The monoisotopic (exact) mass is 292 g/mol. The fourth-order valence-corrected chi connectivity index (χ4v) is 2.55. The first-order valence-electron chi connectivity index (χ1n) is 7.39. The minimum absolute atomic E-state index is 0.146. The molecule has 5 nitrogen and oxygen atoms in total. The van der Waals surface area contributed by atoms with Crippen molar-refractivity contribution in [1.29, 1.82) is 0 Å². The molecular formula is C16H24N2O3. The standard InChI is InChI=1S/C16H24N2O3/c1-12-8-9-18(10-15(12)19)16(20)17-14(11-21-2)13-6-4-3-5-7-13/h3-7,12,14-15,19H,8-11H2,1-2H3,(H,17,20). The lowest BCUT2D eigenvalue weighted by Gasteiger charge is -2.35. The van der Waals surface area contributed by atoms with Crippen LogP contribution in [-0.2, 0) is 4.74 Å². The maximum absolute atomic E-state index is 12.4. The number of nitrogens with one attached hydrogen (secondary N) is 1. The second-order valence-electron chi connectivity index (χ2n) is 5.65. The molecule has 3 unspecified atom stereocenters. The van der Waals surface area contributed by atoms with E-state index in [-0.39, 0.29) is 18.0 Å². The lowest BCUT2D eigenvalue weighted by Crippen LogP contribution is -2.50. The summed E-state index contributed by atoms with van der Waals surface area (Å²) in [5, 5.41) is 12.9. The summed E-state index contributed by atoms with van der Waals surface area (Å²) in [4.78, 5) is 14.0. The molecule has 1 heterocycles. The average molecular weight is 292 g/mol. The zero-order valence-electron chi connectivity index (χ0n) is 12.7. The number of hydrogen-bond donors (Lipinski definition) is 2. The number of hydrogen-bond acceptors (Lipinski definition) is 3. The number of aliphatic hydroxyl groups is 1. The quantitative estimate of drug-likeness (QED) is 0.889. The van der Waals surface area contributed by atoms with E-state index in [0.29, 0.717) is 19.7 Å². The minimum Gasteiger partial charge on any atom is -0.391 e. The second-order valence-corrected chi connectivity index (χ2v) is 5.65. The van der Waals surface area contributed by atoms with Crippen LogP contribution in [0.25, 0.3) is 0 Å². The number of likely N-dealkylation sites (tertiary alicyclic amines) is 1. The Hall–Kier alpha value is -1.59. The number of amides is 2. The van der Waals surface area contributed by atoms with Crippen LogP contribution in [0.5, 0.6) is 0 Å². The van der Waals surface area contributed by atoms with E-state index in [1.807, 2.05) is 37.3 Å². The van der Waals surface area contributed by atoms with Gasteiger partial charge in [0.25, 0.3) is 0 Å². The van der Waals surface area contributed by atoms with Crippen molar-refractivity contribution in [3.63, 3.8) is 0 Å². The highest BCUT2D eigenvalue weighted by atomic mass is 16.5. The Morgan fingerprint density at radius 2 is 2.19 bits per heavy atom. The van der Waals surface area contributed by atoms with E-state index in [4.69, 9.17) is 4.74 Å². The number of rotatable bonds is 4. The van der Waals surface area contributed by atoms with Gasteiger partial charge in [-0.25, -0.2) is 4.79 Å². The number of β-amino-alcohol motifs (C(OH)–C–C–N with tert-alkyl or cyclic N) is 1. The summed E-state index contributed by atoms with van der Waals surface area (Å²) < 4.78 is 5.20. The van der Waals surface area contributed by atoms with Gasteiger partial charge < -0.3 is 20.1 Å². The summed E-state index contributed by atoms with van der Waals surface area (Å²) in [5.41, 5.74) is 1.01. The highest BCUT2D eigenvalue weighted by Crippen LogP contribution is 2.18. The molecule has 1 saturated heterocycles. The largest absolute Gasteiger partial charge is 0.391 e. The normalized spacial score (nSPS) is 23.7. The molecule has 1 aromatic rings. The van der Waals surface area contributed by atoms with E-state index in [1.165, 1.54) is 0 Å². The third-order valence-electron chi connectivity index (χ3n) is 4.04. The number of urea groups is 1. The first kappa shape index (κ1) is 15.8. The lowest BCUT2D eigenvalue weighted by molar-refractivity contribution is 0.0421.